The number of carboxylic acid groups (broad SMARTS) is 1. The van der Waals surface area contributed by atoms with Crippen molar-refractivity contribution in [3.63, 3.8) is 0 Å². The molecule has 0 saturated carbocycles. The van der Waals surface area contributed by atoms with E-state index in [0.29, 0.717) is 17.0 Å². The van der Waals surface area contributed by atoms with Gasteiger partial charge < -0.3 is 15.2 Å². The van der Waals surface area contributed by atoms with Gasteiger partial charge in [-0.15, -0.1) is 0 Å². The summed E-state index contributed by atoms with van der Waals surface area (Å²) in [6, 6.07) is 4.71. The van der Waals surface area contributed by atoms with Crippen LogP contribution in [0.15, 0.2) is 18.2 Å². The van der Waals surface area contributed by atoms with Gasteiger partial charge in [-0.05, 0) is 18.2 Å². The van der Waals surface area contributed by atoms with Crippen LogP contribution in [-0.4, -0.2) is 29.4 Å². The average molecular weight is 277 g/mol. The summed E-state index contributed by atoms with van der Waals surface area (Å²) in [5.74, 6) is -1.22. The minimum absolute atomic E-state index is 0.0701. The summed E-state index contributed by atoms with van der Waals surface area (Å²) >= 11 is 0. The molecule has 1 atom stereocenters. The highest BCUT2D eigenvalue weighted by molar-refractivity contribution is 6.01. The van der Waals surface area contributed by atoms with Gasteiger partial charge in [0.25, 0.3) is 0 Å². The summed E-state index contributed by atoms with van der Waals surface area (Å²) < 4.78 is 5.48. The lowest BCUT2D eigenvalue weighted by Gasteiger charge is -2.08. The van der Waals surface area contributed by atoms with Gasteiger partial charge in [-0.3, -0.25) is 14.4 Å². The van der Waals surface area contributed by atoms with Crippen LogP contribution >= 0.6 is 0 Å². The molecule has 0 fully saturated rings. The Kier molecular flexibility index (Phi) is 4.02. The van der Waals surface area contributed by atoms with Gasteiger partial charge in [-0.2, -0.15) is 0 Å². The summed E-state index contributed by atoms with van der Waals surface area (Å²) in [6.07, 6.45) is -0.283. The van der Waals surface area contributed by atoms with E-state index in [2.05, 4.69) is 5.32 Å². The van der Waals surface area contributed by atoms with Crippen LogP contribution in [0.4, 0.5) is 5.69 Å². The molecule has 6 heteroatoms. The summed E-state index contributed by atoms with van der Waals surface area (Å²) in [7, 11) is 0. The average Bonchev–Trinajstić information content (AvgIpc) is 2.55. The number of nitrogens with one attached hydrogen (secondary N) is 1. The topological polar surface area (TPSA) is 92.7 Å². The molecule has 2 N–H and O–H groups in total. The number of hydrogen-bond donors (Lipinski definition) is 2. The maximum Gasteiger partial charge on any atom is 0.303 e. The number of benzene rings is 1. The number of ketones is 1. The van der Waals surface area contributed by atoms with E-state index in [1.165, 1.54) is 6.07 Å². The van der Waals surface area contributed by atoms with Gasteiger partial charge in [-0.25, -0.2) is 0 Å². The van der Waals surface area contributed by atoms with Gasteiger partial charge in [0.2, 0.25) is 5.91 Å². The number of hydrogen-bond acceptors (Lipinski definition) is 4. The molecule has 1 aliphatic heterocycles. The summed E-state index contributed by atoms with van der Waals surface area (Å²) in [5.41, 5.74) is 0.809. The lowest BCUT2D eigenvalue weighted by Crippen LogP contribution is -2.22. The molecule has 1 aromatic rings. The molecule has 6 nitrogen and oxygen atoms in total. The van der Waals surface area contributed by atoms with Crippen LogP contribution in [0.3, 0.4) is 0 Å². The summed E-state index contributed by atoms with van der Waals surface area (Å²) in [5, 5.41) is 11.3. The number of aliphatic carboxylic acids is 1. The predicted octanol–water partition coefficient (Wildman–Crippen LogP) is 1.70. The van der Waals surface area contributed by atoms with Gasteiger partial charge in [0.05, 0.1) is 24.6 Å². The predicted molar refractivity (Wildman–Crippen MR) is 70.9 cm³/mol. The number of rotatable bonds is 4. The van der Waals surface area contributed by atoms with E-state index in [1.807, 2.05) is 0 Å². The van der Waals surface area contributed by atoms with Crippen LogP contribution in [-0.2, 0) is 9.59 Å². The van der Waals surface area contributed by atoms with E-state index < -0.39 is 5.97 Å². The van der Waals surface area contributed by atoms with E-state index in [0.717, 1.165) is 0 Å². The number of Topliss-reactive ketones (excluding diaryl/α,β-unsaturated/α-hetero) is 1. The third kappa shape index (κ3) is 3.14. The first-order valence-electron chi connectivity index (χ1n) is 6.30. The highest BCUT2D eigenvalue weighted by atomic mass is 16.5. The Labute approximate surface area is 115 Å². The number of fused-ring (bicyclic) bond motifs is 1. The fraction of sp³-hybridized carbons (Fsp3) is 0.357. The molecule has 2 rings (SSSR count). The lowest BCUT2D eigenvalue weighted by atomic mass is 10.1. The van der Waals surface area contributed by atoms with Crippen molar-refractivity contribution in [3.8, 4) is 5.75 Å². The molecule has 1 unspecified atom stereocenters. The fourth-order valence-electron chi connectivity index (χ4n) is 1.84. The van der Waals surface area contributed by atoms with Crippen LogP contribution in [0.2, 0.25) is 0 Å². The summed E-state index contributed by atoms with van der Waals surface area (Å²) in [4.78, 5) is 34.0. The van der Waals surface area contributed by atoms with Crippen molar-refractivity contribution in [2.75, 3.05) is 11.9 Å². The molecule has 1 aromatic carbocycles. The van der Waals surface area contributed by atoms with Crippen molar-refractivity contribution < 1.29 is 24.2 Å². The zero-order valence-electron chi connectivity index (χ0n) is 11.0. The third-order valence-corrected chi connectivity index (χ3v) is 3.06. The molecule has 106 valence electrons. The molecule has 0 saturated heterocycles. The first-order valence-corrected chi connectivity index (χ1v) is 6.30. The standard InChI is InChI=1S/C14H15NO5/c1-8-7-20-12-4-2-9(6-10(12)15-14(8)19)11(16)3-5-13(17)18/h2,4,6,8H,3,5,7H2,1H3,(H,15,19)(H,17,18). The van der Waals surface area contributed by atoms with Crippen LogP contribution in [0.5, 0.6) is 5.75 Å². The summed E-state index contributed by atoms with van der Waals surface area (Å²) in [6.45, 7) is 2.03. The van der Waals surface area contributed by atoms with Gasteiger partial charge in [0.15, 0.2) is 5.78 Å². The van der Waals surface area contributed by atoms with Crippen LogP contribution in [0.1, 0.15) is 30.1 Å². The largest absolute Gasteiger partial charge is 0.491 e. The molecular weight excluding hydrogens is 262 g/mol. The molecule has 1 heterocycles. The van der Waals surface area contributed by atoms with Crippen LogP contribution in [0.25, 0.3) is 0 Å². The monoisotopic (exact) mass is 277 g/mol. The van der Waals surface area contributed by atoms with E-state index in [4.69, 9.17) is 9.84 Å². The van der Waals surface area contributed by atoms with Crippen LogP contribution in [0, 0.1) is 5.92 Å². The number of amides is 1. The highest BCUT2D eigenvalue weighted by Crippen LogP contribution is 2.29. The number of anilines is 1. The van der Waals surface area contributed by atoms with Gasteiger partial charge >= 0.3 is 5.97 Å². The molecule has 0 bridgehead atoms. The first kappa shape index (κ1) is 14.0. The molecule has 0 radical (unpaired) electrons. The van der Waals surface area contributed by atoms with Gasteiger partial charge in [0, 0.05) is 12.0 Å². The number of carbonyl (C=O) groups is 3. The molecule has 0 aliphatic carbocycles. The molecule has 1 amide bonds. The Morgan fingerprint density at radius 1 is 1.40 bits per heavy atom. The highest BCUT2D eigenvalue weighted by Gasteiger charge is 2.21. The Balaban J connectivity index is 2.19. The molecule has 20 heavy (non-hydrogen) atoms. The van der Waals surface area contributed by atoms with E-state index in [9.17, 15) is 14.4 Å². The van der Waals surface area contributed by atoms with Crippen molar-refractivity contribution in [2.24, 2.45) is 5.92 Å². The second-order valence-electron chi connectivity index (χ2n) is 4.73. The molecule has 0 aromatic heterocycles. The number of carboxylic acids is 1. The first-order chi connectivity index (χ1) is 9.47. The SMILES string of the molecule is CC1COc2ccc(C(=O)CCC(=O)O)cc2NC1=O. The zero-order valence-corrected chi connectivity index (χ0v) is 11.0. The molecular formula is C14H15NO5. The third-order valence-electron chi connectivity index (χ3n) is 3.06. The number of ether oxygens (including phenoxy) is 1. The Bertz CT molecular complexity index is 567. The van der Waals surface area contributed by atoms with E-state index in [1.54, 1.807) is 19.1 Å². The molecule has 1 aliphatic rings. The van der Waals surface area contributed by atoms with Gasteiger partial charge in [-0.1, -0.05) is 6.92 Å². The maximum absolute atomic E-state index is 11.8. The van der Waals surface area contributed by atoms with Crippen LogP contribution < -0.4 is 10.1 Å². The quantitative estimate of drug-likeness (QED) is 0.817. The lowest BCUT2D eigenvalue weighted by molar-refractivity contribution is -0.137. The van der Waals surface area contributed by atoms with E-state index >= 15 is 0 Å². The van der Waals surface area contributed by atoms with Crippen molar-refractivity contribution >= 4 is 23.3 Å². The van der Waals surface area contributed by atoms with Crippen molar-refractivity contribution in [3.05, 3.63) is 23.8 Å². The maximum atomic E-state index is 11.8. The Morgan fingerprint density at radius 3 is 2.85 bits per heavy atom. The van der Waals surface area contributed by atoms with E-state index in [-0.39, 0.29) is 37.1 Å². The van der Waals surface area contributed by atoms with Crippen molar-refractivity contribution in [1.82, 2.24) is 0 Å². The normalized spacial score (nSPS) is 17.4. The van der Waals surface area contributed by atoms with Crippen molar-refractivity contribution in [1.29, 1.82) is 0 Å². The Morgan fingerprint density at radius 2 is 2.15 bits per heavy atom. The second-order valence-corrected chi connectivity index (χ2v) is 4.73. The van der Waals surface area contributed by atoms with Gasteiger partial charge in [0.1, 0.15) is 5.75 Å². The number of carbonyl (C=O) groups excluding carboxylic acids is 2. The minimum atomic E-state index is -1.02. The Hall–Kier alpha value is -2.37. The zero-order chi connectivity index (χ0) is 14.7. The van der Waals surface area contributed by atoms with Crippen molar-refractivity contribution in [2.45, 2.75) is 19.8 Å². The second kappa shape index (κ2) is 5.73. The smallest absolute Gasteiger partial charge is 0.303 e. The minimum Gasteiger partial charge on any atom is -0.491 e. The molecule has 0 spiro atoms. The fourth-order valence-corrected chi connectivity index (χ4v) is 1.84.